The number of anilines is 1. The van der Waals surface area contributed by atoms with Gasteiger partial charge < -0.3 is 4.90 Å². The summed E-state index contributed by atoms with van der Waals surface area (Å²) < 4.78 is 22.7. The largest absolute Gasteiger partial charge is 0.378 e. The number of rotatable bonds is 4. The zero-order chi connectivity index (χ0) is 18.9. The second kappa shape index (κ2) is 6.92. The fraction of sp³-hybridized carbons (Fsp3) is 0.105. The molecule has 0 aliphatic rings. The van der Waals surface area contributed by atoms with Crippen molar-refractivity contribution in [3.05, 3.63) is 58.3 Å². The van der Waals surface area contributed by atoms with Gasteiger partial charge in [-0.2, -0.15) is 5.26 Å². The molecule has 7 heteroatoms. The zero-order valence-electron chi connectivity index (χ0n) is 14.3. The number of sulfonamides is 1. The van der Waals surface area contributed by atoms with Gasteiger partial charge in [0.05, 0.1) is 0 Å². The van der Waals surface area contributed by atoms with Gasteiger partial charge >= 0.3 is 0 Å². The number of primary sulfonamides is 1. The van der Waals surface area contributed by atoms with Crippen molar-refractivity contribution < 1.29 is 8.42 Å². The molecule has 0 saturated heterocycles. The van der Waals surface area contributed by atoms with Crippen molar-refractivity contribution in [2.45, 2.75) is 0 Å². The summed E-state index contributed by atoms with van der Waals surface area (Å²) in [6, 6.07) is 17.8. The third-order valence-electron chi connectivity index (χ3n) is 3.94. The summed E-state index contributed by atoms with van der Waals surface area (Å²) in [5.74, 6) is 0. The van der Waals surface area contributed by atoms with Crippen LogP contribution in [0.4, 0.5) is 5.69 Å². The molecule has 0 aliphatic heterocycles. The van der Waals surface area contributed by atoms with Crippen LogP contribution in [-0.2, 0) is 10.0 Å². The molecule has 0 saturated carbocycles. The van der Waals surface area contributed by atoms with Gasteiger partial charge in [-0.25, -0.2) is 13.6 Å². The number of thiophene rings is 1. The average molecular weight is 383 g/mol. The Hall–Kier alpha value is -2.66. The van der Waals surface area contributed by atoms with Crippen LogP contribution in [0.5, 0.6) is 0 Å². The smallest absolute Gasteiger partial charge is 0.248 e. The van der Waals surface area contributed by atoms with Gasteiger partial charge in [0.2, 0.25) is 10.0 Å². The standard InChI is InChI=1S/C19H17N3O2S2/c1-22(2)16-6-5-13-9-15(4-3-14(13)10-16)19-8-7-17(25-19)11-18(12-20)26(21,23)24/h3-11H,1-2H3,(H2,21,23,24)/b18-11+. The highest BCUT2D eigenvalue weighted by molar-refractivity contribution is 7.93. The van der Waals surface area contributed by atoms with Crippen molar-refractivity contribution >= 4 is 43.9 Å². The van der Waals surface area contributed by atoms with Gasteiger partial charge in [0.25, 0.3) is 0 Å². The van der Waals surface area contributed by atoms with E-state index in [0.717, 1.165) is 26.9 Å². The Morgan fingerprint density at radius 3 is 2.46 bits per heavy atom. The fourth-order valence-corrected chi connectivity index (χ4v) is 4.00. The molecule has 1 aromatic heterocycles. The first-order valence-corrected chi connectivity index (χ1v) is 10.1. The van der Waals surface area contributed by atoms with E-state index in [9.17, 15) is 8.42 Å². The molecule has 0 radical (unpaired) electrons. The van der Waals surface area contributed by atoms with Crippen LogP contribution in [0.2, 0.25) is 0 Å². The van der Waals surface area contributed by atoms with Gasteiger partial charge in [0.1, 0.15) is 6.07 Å². The third kappa shape index (κ3) is 3.78. The van der Waals surface area contributed by atoms with Crippen LogP contribution in [0.15, 0.2) is 53.4 Å². The van der Waals surface area contributed by atoms with Crippen molar-refractivity contribution in [1.29, 1.82) is 5.26 Å². The van der Waals surface area contributed by atoms with Gasteiger partial charge in [-0.1, -0.05) is 18.2 Å². The first kappa shape index (κ1) is 18.1. The van der Waals surface area contributed by atoms with E-state index in [2.05, 4.69) is 35.2 Å². The Labute approximate surface area is 156 Å². The van der Waals surface area contributed by atoms with Gasteiger partial charge in [-0.15, -0.1) is 11.3 Å². The maximum Gasteiger partial charge on any atom is 0.248 e. The number of nitrogens with two attached hydrogens (primary N) is 1. The van der Waals surface area contributed by atoms with E-state index in [1.807, 2.05) is 26.2 Å². The van der Waals surface area contributed by atoms with Crippen molar-refractivity contribution in [2.75, 3.05) is 19.0 Å². The lowest BCUT2D eigenvalue weighted by Crippen LogP contribution is -2.13. The fourth-order valence-electron chi connectivity index (χ4n) is 2.56. The highest BCUT2D eigenvalue weighted by Gasteiger charge is 2.12. The van der Waals surface area contributed by atoms with Crippen LogP contribution < -0.4 is 10.0 Å². The molecule has 0 atom stereocenters. The van der Waals surface area contributed by atoms with Crippen molar-refractivity contribution in [1.82, 2.24) is 0 Å². The predicted octanol–water partition coefficient (Wildman–Crippen LogP) is 3.79. The molecule has 5 nitrogen and oxygen atoms in total. The van der Waals surface area contributed by atoms with Crippen LogP contribution in [0.1, 0.15) is 4.88 Å². The Kier molecular flexibility index (Phi) is 4.83. The summed E-state index contributed by atoms with van der Waals surface area (Å²) in [5, 5.41) is 16.3. The molecule has 26 heavy (non-hydrogen) atoms. The SMILES string of the molecule is CN(C)c1ccc2cc(-c3ccc(/C=C(\C#N)S(N)(=O)=O)s3)ccc2c1. The average Bonchev–Trinajstić information content (AvgIpc) is 3.06. The van der Waals surface area contributed by atoms with Crippen LogP contribution in [0, 0.1) is 11.3 Å². The molecule has 0 bridgehead atoms. The summed E-state index contributed by atoms with van der Waals surface area (Å²) in [6.45, 7) is 0. The lowest BCUT2D eigenvalue weighted by atomic mass is 10.1. The van der Waals surface area contributed by atoms with E-state index in [4.69, 9.17) is 10.4 Å². The number of nitrogens with zero attached hydrogens (tertiary/aromatic N) is 2. The number of allylic oxidation sites excluding steroid dienone is 1. The van der Waals surface area contributed by atoms with E-state index in [-0.39, 0.29) is 0 Å². The molecule has 0 spiro atoms. The Balaban J connectivity index is 1.98. The molecule has 0 unspecified atom stereocenters. The van der Waals surface area contributed by atoms with E-state index in [1.54, 1.807) is 12.1 Å². The van der Waals surface area contributed by atoms with Gasteiger partial charge in [-0.05, 0) is 52.7 Å². The Bertz CT molecular complexity index is 1150. The van der Waals surface area contributed by atoms with Crippen LogP contribution in [-0.4, -0.2) is 22.5 Å². The number of fused-ring (bicyclic) bond motifs is 1. The van der Waals surface area contributed by atoms with E-state index in [0.29, 0.717) is 4.88 Å². The Morgan fingerprint density at radius 2 is 1.81 bits per heavy atom. The number of nitriles is 1. The maximum atomic E-state index is 11.4. The lowest BCUT2D eigenvalue weighted by molar-refractivity contribution is 0.605. The monoisotopic (exact) mass is 383 g/mol. The topological polar surface area (TPSA) is 87.2 Å². The van der Waals surface area contributed by atoms with Gasteiger partial charge in [0, 0.05) is 29.5 Å². The minimum atomic E-state index is -4.01. The van der Waals surface area contributed by atoms with Crippen molar-refractivity contribution in [3.8, 4) is 16.5 Å². The molecule has 2 N–H and O–H groups in total. The lowest BCUT2D eigenvalue weighted by Gasteiger charge is -2.13. The summed E-state index contributed by atoms with van der Waals surface area (Å²) in [6.07, 6.45) is 1.30. The molecule has 2 aromatic carbocycles. The quantitative estimate of drug-likeness (QED) is 0.695. The maximum absolute atomic E-state index is 11.4. The van der Waals surface area contributed by atoms with Crippen molar-refractivity contribution in [2.24, 2.45) is 5.14 Å². The Morgan fingerprint density at radius 1 is 1.12 bits per heavy atom. The molecule has 132 valence electrons. The summed E-state index contributed by atoms with van der Waals surface area (Å²) in [7, 11) is 0.00858. The van der Waals surface area contributed by atoms with Crippen LogP contribution >= 0.6 is 11.3 Å². The first-order valence-electron chi connectivity index (χ1n) is 7.74. The number of benzene rings is 2. The molecule has 3 rings (SSSR count). The summed E-state index contributed by atoms with van der Waals surface area (Å²) in [4.78, 5) is 3.26. The van der Waals surface area contributed by atoms with Crippen LogP contribution in [0.25, 0.3) is 27.3 Å². The van der Waals surface area contributed by atoms with E-state index in [1.165, 1.54) is 17.4 Å². The molecular formula is C19H17N3O2S2. The van der Waals surface area contributed by atoms with Crippen LogP contribution in [0.3, 0.4) is 0 Å². The second-order valence-corrected chi connectivity index (χ2v) is 8.65. The van der Waals surface area contributed by atoms with E-state index < -0.39 is 14.9 Å². The molecule has 0 fully saturated rings. The summed E-state index contributed by atoms with van der Waals surface area (Å²) >= 11 is 1.41. The molecule has 3 aromatic rings. The first-order chi connectivity index (χ1) is 12.3. The van der Waals surface area contributed by atoms with Crippen molar-refractivity contribution in [3.63, 3.8) is 0 Å². The minimum absolute atomic E-state index is 0.444. The highest BCUT2D eigenvalue weighted by atomic mass is 32.2. The number of hydrogen-bond acceptors (Lipinski definition) is 5. The van der Waals surface area contributed by atoms with E-state index >= 15 is 0 Å². The zero-order valence-corrected chi connectivity index (χ0v) is 15.9. The minimum Gasteiger partial charge on any atom is -0.378 e. The van der Waals surface area contributed by atoms with Gasteiger partial charge in [-0.3, -0.25) is 0 Å². The normalized spacial score (nSPS) is 12.2. The number of hydrogen-bond donors (Lipinski definition) is 1. The molecular weight excluding hydrogens is 366 g/mol. The third-order valence-corrected chi connectivity index (χ3v) is 5.85. The predicted molar refractivity (Wildman–Crippen MR) is 108 cm³/mol. The molecule has 1 heterocycles. The van der Waals surface area contributed by atoms with Gasteiger partial charge in [0.15, 0.2) is 4.91 Å². The molecule has 0 aliphatic carbocycles. The second-order valence-electron chi connectivity index (χ2n) is 6.01. The molecule has 0 amide bonds. The summed E-state index contributed by atoms with van der Waals surface area (Å²) in [5.41, 5.74) is 2.18. The highest BCUT2D eigenvalue weighted by Crippen LogP contribution is 2.32.